The molecule has 1 aromatic carbocycles. The molecule has 104 valence electrons. The zero-order valence-electron chi connectivity index (χ0n) is 9.88. The van der Waals surface area contributed by atoms with Crippen LogP contribution in [0.5, 0.6) is 0 Å². The molecule has 7 heteroatoms. The van der Waals surface area contributed by atoms with Gasteiger partial charge in [-0.05, 0) is 31.0 Å². The van der Waals surface area contributed by atoms with E-state index in [1.807, 2.05) is 0 Å². The van der Waals surface area contributed by atoms with Gasteiger partial charge in [0.25, 0.3) is 0 Å². The predicted molar refractivity (Wildman–Crippen MR) is 68.7 cm³/mol. The molecule has 1 aromatic rings. The van der Waals surface area contributed by atoms with Gasteiger partial charge in [-0.3, -0.25) is 0 Å². The van der Waals surface area contributed by atoms with E-state index in [1.54, 1.807) is 0 Å². The van der Waals surface area contributed by atoms with E-state index in [9.17, 15) is 17.6 Å². The van der Waals surface area contributed by atoms with E-state index in [2.05, 4.69) is 0 Å². The van der Waals surface area contributed by atoms with Gasteiger partial charge in [0.05, 0.1) is 0 Å². The van der Waals surface area contributed by atoms with Crippen molar-refractivity contribution in [2.24, 2.45) is 5.73 Å². The molecule has 0 aromatic heterocycles. The number of thiocarbonyl (C=S) groups is 1. The van der Waals surface area contributed by atoms with Gasteiger partial charge >= 0.3 is 6.18 Å². The molecule has 0 amide bonds. The highest BCUT2D eigenvalue weighted by molar-refractivity contribution is 7.80. The van der Waals surface area contributed by atoms with Crippen LogP contribution < -0.4 is 10.6 Å². The summed E-state index contributed by atoms with van der Waals surface area (Å²) in [6.07, 6.45) is -2.96. The highest BCUT2D eigenvalue weighted by Crippen LogP contribution is 2.36. The maximum atomic E-state index is 13.2. The summed E-state index contributed by atoms with van der Waals surface area (Å²) in [4.78, 5) is 1.09. The number of hydrogen-bond acceptors (Lipinski definition) is 2. The highest BCUT2D eigenvalue weighted by atomic mass is 32.1. The Hall–Kier alpha value is -1.37. The molecule has 1 aliphatic rings. The van der Waals surface area contributed by atoms with E-state index in [0.717, 1.165) is 12.1 Å². The molecule has 2 nitrogen and oxygen atoms in total. The SMILES string of the molecule is NC(=S)c1cc(F)ccc1N(CC(F)(F)F)C1CC1. The summed E-state index contributed by atoms with van der Waals surface area (Å²) in [6, 6.07) is 3.31. The number of alkyl halides is 3. The standard InChI is InChI=1S/C12H12F4N2S/c13-7-1-4-10(9(5-7)11(17)19)18(8-2-3-8)6-12(14,15)16/h1,4-5,8H,2-3,6H2,(H2,17,19). The Balaban J connectivity index is 2.39. The van der Waals surface area contributed by atoms with Crippen LogP contribution in [0.3, 0.4) is 0 Å². The van der Waals surface area contributed by atoms with Gasteiger partial charge in [-0.25, -0.2) is 4.39 Å². The first kappa shape index (κ1) is 14.0. The Bertz CT molecular complexity index is 497. The Morgan fingerprint density at radius 1 is 1.37 bits per heavy atom. The van der Waals surface area contributed by atoms with Crippen LogP contribution >= 0.6 is 12.2 Å². The summed E-state index contributed by atoms with van der Waals surface area (Å²) in [7, 11) is 0. The lowest BCUT2D eigenvalue weighted by Crippen LogP contribution is -2.37. The molecule has 1 fully saturated rings. The molecule has 0 aliphatic heterocycles. The van der Waals surface area contributed by atoms with Gasteiger partial charge in [0.15, 0.2) is 0 Å². The minimum Gasteiger partial charge on any atom is -0.389 e. The molecule has 2 N–H and O–H groups in total. The molecular weight excluding hydrogens is 280 g/mol. The molecule has 0 unspecified atom stereocenters. The quantitative estimate of drug-likeness (QED) is 0.683. The van der Waals surface area contributed by atoms with E-state index in [4.69, 9.17) is 18.0 Å². The zero-order chi connectivity index (χ0) is 14.2. The fraction of sp³-hybridized carbons (Fsp3) is 0.417. The number of nitrogens with two attached hydrogens (primary N) is 1. The minimum absolute atomic E-state index is 0.109. The van der Waals surface area contributed by atoms with E-state index >= 15 is 0 Å². The van der Waals surface area contributed by atoms with Crippen molar-refractivity contribution in [1.29, 1.82) is 0 Å². The van der Waals surface area contributed by atoms with Gasteiger partial charge in [0.1, 0.15) is 17.4 Å². The Kier molecular flexibility index (Phi) is 3.66. The van der Waals surface area contributed by atoms with Gasteiger partial charge < -0.3 is 10.6 Å². The fourth-order valence-electron chi connectivity index (χ4n) is 1.95. The predicted octanol–water partition coefficient (Wildman–Crippen LogP) is 2.99. The van der Waals surface area contributed by atoms with Crippen molar-refractivity contribution in [1.82, 2.24) is 0 Å². The molecule has 0 heterocycles. The van der Waals surface area contributed by atoms with Gasteiger partial charge in [0.2, 0.25) is 0 Å². The van der Waals surface area contributed by atoms with Crippen molar-refractivity contribution in [2.75, 3.05) is 11.4 Å². The topological polar surface area (TPSA) is 29.3 Å². The summed E-state index contributed by atoms with van der Waals surface area (Å²) >= 11 is 4.78. The van der Waals surface area contributed by atoms with Crippen molar-refractivity contribution in [3.8, 4) is 0 Å². The maximum Gasteiger partial charge on any atom is 0.405 e. The lowest BCUT2D eigenvalue weighted by molar-refractivity contribution is -0.120. The molecule has 0 radical (unpaired) electrons. The summed E-state index contributed by atoms with van der Waals surface area (Å²) < 4.78 is 51.0. The molecule has 19 heavy (non-hydrogen) atoms. The first-order valence-electron chi connectivity index (χ1n) is 5.70. The van der Waals surface area contributed by atoms with Crippen molar-refractivity contribution >= 4 is 22.9 Å². The van der Waals surface area contributed by atoms with Crippen molar-refractivity contribution in [3.05, 3.63) is 29.6 Å². The molecule has 0 atom stereocenters. The fourth-order valence-corrected chi connectivity index (χ4v) is 2.11. The highest BCUT2D eigenvalue weighted by Gasteiger charge is 2.39. The second-order valence-corrected chi connectivity index (χ2v) is 4.94. The summed E-state index contributed by atoms with van der Waals surface area (Å²) in [6.45, 7) is -1.08. The van der Waals surface area contributed by atoms with Crippen LogP contribution in [-0.4, -0.2) is 23.8 Å². The number of nitrogens with zero attached hydrogens (tertiary/aromatic N) is 1. The number of anilines is 1. The number of hydrogen-bond donors (Lipinski definition) is 1. The second kappa shape index (κ2) is 4.96. The van der Waals surface area contributed by atoms with Crippen molar-refractivity contribution in [3.63, 3.8) is 0 Å². The summed E-state index contributed by atoms with van der Waals surface area (Å²) in [5.41, 5.74) is 5.85. The van der Waals surface area contributed by atoms with Crippen LogP contribution in [0.2, 0.25) is 0 Å². The van der Waals surface area contributed by atoms with Gasteiger partial charge in [0, 0.05) is 17.3 Å². The average molecular weight is 292 g/mol. The first-order valence-corrected chi connectivity index (χ1v) is 6.11. The smallest absolute Gasteiger partial charge is 0.389 e. The van der Waals surface area contributed by atoms with E-state index in [-0.39, 0.29) is 22.3 Å². The second-order valence-electron chi connectivity index (χ2n) is 4.50. The molecule has 0 bridgehead atoms. The van der Waals surface area contributed by atoms with Gasteiger partial charge in [-0.2, -0.15) is 13.2 Å². The third kappa shape index (κ3) is 3.56. The minimum atomic E-state index is -4.33. The van der Waals surface area contributed by atoms with Crippen LogP contribution in [0.1, 0.15) is 18.4 Å². The monoisotopic (exact) mass is 292 g/mol. The summed E-state index contributed by atoms with van der Waals surface area (Å²) in [5.74, 6) is -0.575. The van der Waals surface area contributed by atoms with Crippen molar-refractivity contribution < 1.29 is 17.6 Å². The third-order valence-corrected chi connectivity index (χ3v) is 3.09. The van der Waals surface area contributed by atoms with Crippen LogP contribution in [0.4, 0.5) is 23.2 Å². The van der Waals surface area contributed by atoms with E-state index in [0.29, 0.717) is 12.8 Å². The average Bonchev–Trinajstić information content (AvgIpc) is 3.08. The van der Waals surface area contributed by atoms with Crippen LogP contribution in [0.15, 0.2) is 18.2 Å². The van der Waals surface area contributed by atoms with Crippen molar-refractivity contribution in [2.45, 2.75) is 25.1 Å². The third-order valence-electron chi connectivity index (χ3n) is 2.87. The first-order chi connectivity index (χ1) is 8.78. The molecular formula is C12H12F4N2S. The molecule has 1 aliphatic carbocycles. The number of benzene rings is 1. The normalized spacial score (nSPS) is 15.4. The van der Waals surface area contributed by atoms with E-state index in [1.165, 1.54) is 11.0 Å². The molecule has 1 saturated carbocycles. The summed E-state index contributed by atoms with van der Waals surface area (Å²) in [5, 5.41) is 0. The number of rotatable bonds is 4. The maximum absolute atomic E-state index is 13.2. The van der Waals surface area contributed by atoms with Gasteiger partial charge in [-0.15, -0.1) is 0 Å². The van der Waals surface area contributed by atoms with Crippen LogP contribution in [-0.2, 0) is 0 Å². The molecule has 0 spiro atoms. The van der Waals surface area contributed by atoms with Crippen LogP contribution in [0, 0.1) is 5.82 Å². The Labute approximate surface area is 113 Å². The van der Waals surface area contributed by atoms with Gasteiger partial charge in [-0.1, -0.05) is 12.2 Å². The molecule has 2 rings (SSSR count). The molecule has 0 saturated heterocycles. The van der Waals surface area contributed by atoms with E-state index < -0.39 is 18.5 Å². The number of halogens is 4. The zero-order valence-corrected chi connectivity index (χ0v) is 10.7. The lowest BCUT2D eigenvalue weighted by atomic mass is 10.1. The largest absolute Gasteiger partial charge is 0.405 e. The Morgan fingerprint density at radius 2 is 2.00 bits per heavy atom. The Morgan fingerprint density at radius 3 is 2.47 bits per heavy atom. The van der Waals surface area contributed by atoms with Crippen LogP contribution in [0.25, 0.3) is 0 Å². The lowest BCUT2D eigenvalue weighted by Gasteiger charge is -2.27.